The van der Waals surface area contributed by atoms with Crippen molar-refractivity contribution in [3.05, 3.63) is 95.5 Å². The number of carbonyl (C=O) groups is 1. The van der Waals surface area contributed by atoms with E-state index in [9.17, 15) is 4.79 Å². The lowest BCUT2D eigenvalue weighted by Gasteiger charge is -2.35. The molecule has 8 nitrogen and oxygen atoms in total. The zero-order valence-electron chi connectivity index (χ0n) is 20.5. The summed E-state index contributed by atoms with van der Waals surface area (Å²) < 4.78 is 16.6. The number of benzene rings is 3. The van der Waals surface area contributed by atoms with E-state index in [0.717, 1.165) is 16.7 Å². The third-order valence-electron chi connectivity index (χ3n) is 6.14. The minimum atomic E-state index is -0.478. The minimum Gasteiger partial charge on any atom is -0.497 e. The predicted octanol–water partition coefficient (Wildman–Crippen LogP) is 5.76. The van der Waals surface area contributed by atoms with Crippen molar-refractivity contribution in [1.82, 2.24) is 15.5 Å². The van der Waals surface area contributed by atoms with Gasteiger partial charge in [-0.05, 0) is 25.5 Å². The molecule has 0 saturated carbocycles. The van der Waals surface area contributed by atoms with Crippen LogP contribution in [0.1, 0.15) is 30.0 Å². The summed E-state index contributed by atoms with van der Waals surface area (Å²) >= 11 is 0. The van der Waals surface area contributed by atoms with Crippen LogP contribution in [0.2, 0.25) is 0 Å². The number of anilines is 1. The summed E-state index contributed by atoms with van der Waals surface area (Å²) in [6.45, 7) is 3.88. The molecule has 0 saturated heterocycles. The van der Waals surface area contributed by atoms with E-state index in [0.29, 0.717) is 40.2 Å². The average molecular weight is 483 g/mol. The number of nitrogens with one attached hydrogen (secondary N) is 1. The van der Waals surface area contributed by atoms with Crippen LogP contribution in [0.3, 0.4) is 0 Å². The van der Waals surface area contributed by atoms with Gasteiger partial charge in [0.2, 0.25) is 5.82 Å². The summed E-state index contributed by atoms with van der Waals surface area (Å²) in [7, 11) is 3.14. The van der Waals surface area contributed by atoms with E-state index >= 15 is 0 Å². The Morgan fingerprint density at radius 2 is 1.64 bits per heavy atom. The van der Waals surface area contributed by atoms with Crippen LogP contribution >= 0.6 is 0 Å². The van der Waals surface area contributed by atoms with E-state index in [1.54, 1.807) is 37.3 Å². The van der Waals surface area contributed by atoms with Crippen molar-refractivity contribution in [2.75, 3.05) is 19.1 Å². The predicted molar refractivity (Wildman–Crippen MR) is 137 cm³/mol. The van der Waals surface area contributed by atoms with Crippen molar-refractivity contribution in [2.45, 2.75) is 19.9 Å². The first-order chi connectivity index (χ1) is 17.5. The maximum atomic E-state index is 13.5. The third-order valence-corrected chi connectivity index (χ3v) is 6.14. The van der Waals surface area contributed by atoms with Crippen LogP contribution in [0, 0.1) is 6.92 Å². The van der Waals surface area contributed by atoms with Gasteiger partial charge in [0.05, 0.1) is 31.5 Å². The van der Waals surface area contributed by atoms with Gasteiger partial charge in [-0.25, -0.2) is 4.79 Å². The third kappa shape index (κ3) is 4.29. The van der Waals surface area contributed by atoms with E-state index in [2.05, 4.69) is 10.5 Å². The number of hydrogen-bond acceptors (Lipinski definition) is 6. The van der Waals surface area contributed by atoms with Crippen LogP contribution in [-0.2, 0) is 0 Å². The fourth-order valence-corrected chi connectivity index (χ4v) is 4.38. The SMILES string of the molecule is COc1cc(OC)cc(N2C(=O)NC(c3ccccc3)C(c3nc(-c4cccc(C)c4)no3)=C2C)c1. The maximum Gasteiger partial charge on any atom is 0.327 e. The summed E-state index contributed by atoms with van der Waals surface area (Å²) in [4.78, 5) is 19.8. The molecular formula is C28H26N4O4. The van der Waals surface area contributed by atoms with E-state index < -0.39 is 6.04 Å². The molecule has 182 valence electrons. The highest BCUT2D eigenvalue weighted by atomic mass is 16.5. The first-order valence-corrected chi connectivity index (χ1v) is 11.5. The summed E-state index contributed by atoms with van der Waals surface area (Å²) in [6, 6.07) is 22.2. The molecule has 1 unspecified atom stereocenters. The molecule has 0 fully saturated rings. The fraction of sp³-hybridized carbons (Fsp3) is 0.179. The van der Waals surface area contributed by atoms with Gasteiger partial charge in [-0.2, -0.15) is 4.98 Å². The molecule has 5 rings (SSSR count). The molecule has 1 aliphatic rings. The van der Waals surface area contributed by atoms with Crippen molar-refractivity contribution in [1.29, 1.82) is 0 Å². The lowest BCUT2D eigenvalue weighted by Crippen LogP contribution is -2.46. The molecule has 1 aliphatic heterocycles. The number of carbonyl (C=O) groups excluding carboxylic acids is 1. The standard InChI is InChI=1S/C28H26N4O4/c1-17-9-8-12-20(13-17)26-30-27(36-31-26)24-18(2)32(21-14-22(34-3)16-23(15-21)35-4)28(33)29-25(24)19-10-6-5-7-11-19/h5-16,25H,1-4H3,(H,29,33). The Morgan fingerprint density at radius 1 is 0.917 bits per heavy atom. The fourth-order valence-electron chi connectivity index (χ4n) is 4.38. The molecule has 0 radical (unpaired) electrons. The van der Waals surface area contributed by atoms with Crippen molar-refractivity contribution in [3.63, 3.8) is 0 Å². The molecule has 3 aromatic carbocycles. The Morgan fingerprint density at radius 3 is 2.31 bits per heavy atom. The molecule has 1 N–H and O–H groups in total. The van der Waals surface area contributed by atoms with Gasteiger partial charge in [-0.1, -0.05) is 59.3 Å². The molecule has 4 aromatic rings. The number of amides is 2. The van der Waals surface area contributed by atoms with E-state index in [-0.39, 0.29) is 6.03 Å². The highest BCUT2D eigenvalue weighted by Crippen LogP contribution is 2.40. The van der Waals surface area contributed by atoms with Gasteiger partial charge in [0.15, 0.2) is 0 Å². The molecule has 36 heavy (non-hydrogen) atoms. The largest absolute Gasteiger partial charge is 0.497 e. The van der Waals surface area contributed by atoms with Gasteiger partial charge in [0.25, 0.3) is 5.89 Å². The van der Waals surface area contributed by atoms with Crippen molar-refractivity contribution in [2.24, 2.45) is 0 Å². The van der Waals surface area contributed by atoms with Crippen LogP contribution in [0.4, 0.5) is 10.5 Å². The Bertz CT molecular complexity index is 1420. The quantitative estimate of drug-likeness (QED) is 0.376. The molecule has 2 heterocycles. The number of ether oxygens (including phenoxy) is 2. The van der Waals surface area contributed by atoms with Crippen molar-refractivity contribution in [3.8, 4) is 22.9 Å². The van der Waals surface area contributed by atoms with Crippen LogP contribution in [-0.4, -0.2) is 30.4 Å². The van der Waals surface area contributed by atoms with E-state index in [1.807, 2.05) is 68.4 Å². The summed E-state index contributed by atoms with van der Waals surface area (Å²) in [5.41, 5.74) is 4.80. The lowest BCUT2D eigenvalue weighted by molar-refractivity contribution is 0.244. The second-order valence-electron chi connectivity index (χ2n) is 8.49. The van der Waals surface area contributed by atoms with Crippen molar-refractivity contribution >= 4 is 17.3 Å². The number of aromatic nitrogens is 2. The van der Waals surface area contributed by atoms with E-state index in [4.69, 9.17) is 19.0 Å². The molecular weight excluding hydrogens is 456 g/mol. The molecule has 0 bridgehead atoms. The highest BCUT2D eigenvalue weighted by Gasteiger charge is 2.36. The van der Waals surface area contributed by atoms with Gasteiger partial charge in [-0.15, -0.1) is 0 Å². The van der Waals surface area contributed by atoms with Crippen LogP contribution in [0.25, 0.3) is 17.0 Å². The lowest BCUT2D eigenvalue weighted by atomic mass is 9.94. The smallest absolute Gasteiger partial charge is 0.327 e. The van der Waals surface area contributed by atoms with Crippen LogP contribution in [0.5, 0.6) is 11.5 Å². The Hall–Kier alpha value is -4.59. The van der Waals surface area contributed by atoms with Gasteiger partial charge < -0.3 is 19.3 Å². The van der Waals surface area contributed by atoms with E-state index in [1.165, 1.54) is 0 Å². The second kappa shape index (κ2) is 9.58. The number of nitrogens with zero attached hydrogens (tertiary/aromatic N) is 3. The minimum absolute atomic E-state index is 0.293. The number of hydrogen-bond donors (Lipinski definition) is 1. The number of methoxy groups -OCH3 is 2. The van der Waals surface area contributed by atoms with Gasteiger partial charge in [-0.3, -0.25) is 4.90 Å². The van der Waals surface area contributed by atoms with Crippen LogP contribution < -0.4 is 19.7 Å². The highest BCUT2D eigenvalue weighted by molar-refractivity contribution is 6.01. The zero-order chi connectivity index (χ0) is 25.2. The van der Waals surface area contributed by atoms with Crippen molar-refractivity contribution < 1.29 is 18.8 Å². The first kappa shape index (κ1) is 23.2. The first-order valence-electron chi connectivity index (χ1n) is 11.5. The molecule has 1 atom stereocenters. The zero-order valence-corrected chi connectivity index (χ0v) is 20.5. The summed E-state index contributed by atoms with van der Waals surface area (Å²) in [5.74, 6) is 1.94. The molecule has 0 aliphatic carbocycles. The van der Waals surface area contributed by atoms with Gasteiger partial charge in [0, 0.05) is 29.5 Å². The number of allylic oxidation sites excluding steroid dienone is 1. The number of aryl methyl sites for hydroxylation is 1. The summed E-state index contributed by atoms with van der Waals surface area (Å²) in [6.07, 6.45) is 0. The number of rotatable bonds is 6. The molecule has 8 heteroatoms. The topological polar surface area (TPSA) is 89.7 Å². The summed E-state index contributed by atoms with van der Waals surface area (Å²) in [5, 5.41) is 7.36. The maximum absolute atomic E-state index is 13.5. The second-order valence-corrected chi connectivity index (χ2v) is 8.49. The normalized spacial score (nSPS) is 15.6. The average Bonchev–Trinajstić information content (AvgIpc) is 3.38. The molecule has 1 aromatic heterocycles. The molecule has 0 spiro atoms. The van der Waals surface area contributed by atoms with Gasteiger partial charge in [0.1, 0.15) is 11.5 Å². The van der Waals surface area contributed by atoms with Gasteiger partial charge >= 0.3 is 6.03 Å². The molecule has 2 amide bonds. The Balaban J connectivity index is 1.67. The Kier molecular flexibility index (Phi) is 6.16. The van der Waals surface area contributed by atoms with Crippen LogP contribution in [0.15, 0.2) is 83.0 Å². The number of urea groups is 1. The monoisotopic (exact) mass is 482 g/mol. The Labute approximate surface area is 209 Å².